The van der Waals surface area contributed by atoms with Gasteiger partial charge in [0.15, 0.2) is 0 Å². The first-order chi connectivity index (χ1) is 9.52. The van der Waals surface area contributed by atoms with Crippen LogP contribution in [-0.2, 0) is 11.2 Å². The average Bonchev–Trinajstić information content (AvgIpc) is 2.40. The fraction of sp³-hybridized carbons (Fsp3) is 0.529. The van der Waals surface area contributed by atoms with Crippen molar-refractivity contribution < 1.29 is 9.84 Å². The summed E-state index contributed by atoms with van der Waals surface area (Å²) in [5.41, 5.74) is 2.50. The highest BCUT2D eigenvalue weighted by molar-refractivity contribution is 5.25. The molecule has 1 aliphatic rings. The van der Waals surface area contributed by atoms with Gasteiger partial charge >= 0.3 is 0 Å². The molecule has 0 bridgehead atoms. The maximum atomic E-state index is 9.65. The quantitative estimate of drug-likeness (QED) is 0.839. The minimum atomic E-state index is -0.157. The number of hydrogen-bond donors (Lipinski definition) is 1. The fourth-order valence-corrected chi connectivity index (χ4v) is 2.68. The molecule has 20 heavy (non-hydrogen) atoms. The number of aliphatic hydroxyl groups is 1. The van der Waals surface area contributed by atoms with Crippen molar-refractivity contribution in [1.82, 2.24) is 4.90 Å². The summed E-state index contributed by atoms with van der Waals surface area (Å²) < 4.78 is 5.58. The van der Waals surface area contributed by atoms with Crippen LogP contribution < -0.4 is 0 Å². The predicted octanol–water partition coefficient (Wildman–Crippen LogP) is 2.87. The van der Waals surface area contributed by atoms with Crippen LogP contribution in [0.1, 0.15) is 31.4 Å². The van der Waals surface area contributed by atoms with E-state index in [9.17, 15) is 5.11 Å². The molecule has 1 heterocycles. The largest absolute Gasteiger partial charge is 0.496 e. The first kappa shape index (κ1) is 15.1. The summed E-state index contributed by atoms with van der Waals surface area (Å²) in [6.45, 7) is 7.24. The van der Waals surface area contributed by atoms with Crippen molar-refractivity contribution in [2.45, 2.75) is 45.3 Å². The first-order valence-electron chi connectivity index (χ1n) is 7.26. The van der Waals surface area contributed by atoms with Crippen molar-refractivity contribution in [3.8, 4) is 0 Å². The van der Waals surface area contributed by atoms with Gasteiger partial charge in [-0.25, -0.2) is 0 Å². The van der Waals surface area contributed by atoms with Gasteiger partial charge in [0.25, 0.3) is 0 Å². The Morgan fingerprint density at radius 2 is 2.10 bits per heavy atom. The third-order valence-corrected chi connectivity index (χ3v) is 3.97. The maximum absolute atomic E-state index is 9.65. The molecule has 1 unspecified atom stereocenters. The van der Waals surface area contributed by atoms with Crippen LogP contribution in [0.25, 0.3) is 0 Å². The third-order valence-electron chi connectivity index (χ3n) is 3.97. The van der Waals surface area contributed by atoms with E-state index in [1.165, 1.54) is 11.1 Å². The second kappa shape index (κ2) is 6.42. The average molecular weight is 275 g/mol. The second-order valence-corrected chi connectivity index (χ2v) is 6.11. The number of rotatable bonds is 5. The van der Waals surface area contributed by atoms with Gasteiger partial charge in [-0.3, -0.25) is 4.90 Å². The lowest BCUT2D eigenvalue weighted by molar-refractivity contribution is -0.00852. The number of aryl methyl sites for hydroxylation is 1. The molecule has 1 atom stereocenters. The van der Waals surface area contributed by atoms with Crippen LogP contribution in [0.4, 0.5) is 0 Å². The van der Waals surface area contributed by atoms with Gasteiger partial charge in [-0.2, -0.15) is 0 Å². The number of nitrogens with zero attached hydrogens (tertiary/aromatic N) is 1. The number of hydrogen-bond acceptors (Lipinski definition) is 3. The standard InChI is InChI=1S/C17H25NO2/c1-14-6-4-5-7-15(14)8-10-18(13-19)16-9-11-20-17(2,3)12-16/h4-7,9,11,16,19H,8,10,12-13H2,1-3H3. The monoisotopic (exact) mass is 275 g/mol. The second-order valence-electron chi connectivity index (χ2n) is 6.11. The Morgan fingerprint density at radius 3 is 2.75 bits per heavy atom. The highest BCUT2D eigenvalue weighted by Gasteiger charge is 2.29. The van der Waals surface area contributed by atoms with E-state index >= 15 is 0 Å². The highest BCUT2D eigenvalue weighted by Crippen LogP contribution is 2.25. The zero-order valence-corrected chi connectivity index (χ0v) is 12.7. The van der Waals surface area contributed by atoms with E-state index in [1.807, 2.05) is 6.08 Å². The van der Waals surface area contributed by atoms with E-state index in [-0.39, 0.29) is 18.4 Å². The van der Waals surface area contributed by atoms with Gasteiger partial charge in [-0.05, 0) is 44.4 Å². The molecular formula is C17H25NO2. The fourth-order valence-electron chi connectivity index (χ4n) is 2.68. The van der Waals surface area contributed by atoms with E-state index < -0.39 is 0 Å². The Kier molecular flexibility index (Phi) is 4.84. The molecule has 0 aliphatic carbocycles. The molecular weight excluding hydrogens is 250 g/mol. The van der Waals surface area contributed by atoms with E-state index in [0.29, 0.717) is 0 Å². The highest BCUT2D eigenvalue weighted by atomic mass is 16.5. The number of ether oxygens (including phenoxy) is 1. The van der Waals surface area contributed by atoms with Crippen LogP contribution in [0.15, 0.2) is 36.6 Å². The summed E-state index contributed by atoms with van der Waals surface area (Å²) in [6, 6.07) is 8.67. The minimum absolute atomic E-state index is 0.0803. The normalized spacial score (nSPS) is 20.9. The van der Waals surface area contributed by atoms with Crippen molar-refractivity contribution in [3.05, 3.63) is 47.7 Å². The Bertz CT molecular complexity index is 468. The molecule has 1 aromatic carbocycles. The van der Waals surface area contributed by atoms with Crippen LogP contribution in [-0.4, -0.2) is 34.9 Å². The summed E-state index contributed by atoms with van der Waals surface area (Å²) in [5.74, 6) is 0. The van der Waals surface area contributed by atoms with Gasteiger partial charge in [0, 0.05) is 19.0 Å². The number of benzene rings is 1. The molecule has 0 saturated carbocycles. The lowest BCUT2D eigenvalue weighted by Gasteiger charge is -2.37. The summed E-state index contributed by atoms with van der Waals surface area (Å²) in [4.78, 5) is 2.10. The number of aliphatic hydroxyl groups excluding tert-OH is 1. The molecule has 2 rings (SSSR count). The van der Waals surface area contributed by atoms with Crippen molar-refractivity contribution >= 4 is 0 Å². The maximum Gasteiger partial charge on any atom is 0.104 e. The zero-order valence-electron chi connectivity index (χ0n) is 12.7. The van der Waals surface area contributed by atoms with Gasteiger partial charge in [-0.15, -0.1) is 0 Å². The minimum Gasteiger partial charge on any atom is -0.496 e. The Labute approximate surface area is 121 Å². The molecule has 0 aromatic heterocycles. The molecule has 3 nitrogen and oxygen atoms in total. The smallest absolute Gasteiger partial charge is 0.104 e. The van der Waals surface area contributed by atoms with Crippen LogP contribution in [0, 0.1) is 6.92 Å². The van der Waals surface area contributed by atoms with E-state index in [0.717, 1.165) is 19.4 Å². The summed E-state index contributed by atoms with van der Waals surface area (Å²) in [6.07, 6.45) is 5.67. The Hall–Kier alpha value is -1.32. The predicted molar refractivity (Wildman–Crippen MR) is 81.4 cm³/mol. The zero-order chi connectivity index (χ0) is 14.6. The molecule has 110 valence electrons. The van der Waals surface area contributed by atoms with Gasteiger partial charge in [0.1, 0.15) is 5.60 Å². The lowest BCUT2D eigenvalue weighted by Crippen LogP contribution is -2.43. The summed E-state index contributed by atoms with van der Waals surface area (Å²) in [7, 11) is 0. The molecule has 3 heteroatoms. The molecule has 0 fully saturated rings. The van der Waals surface area contributed by atoms with Crippen LogP contribution in [0.5, 0.6) is 0 Å². The molecule has 0 radical (unpaired) electrons. The van der Waals surface area contributed by atoms with E-state index in [2.05, 4.69) is 49.9 Å². The molecule has 0 saturated heterocycles. The van der Waals surface area contributed by atoms with Crippen LogP contribution in [0.3, 0.4) is 0 Å². The SMILES string of the molecule is Cc1ccccc1CCN(CO)C1C=COC(C)(C)C1. The molecule has 0 spiro atoms. The van der Waals surface area contributed by atoms with E-state index in [4.69, 9.17) is 4.74 Å². The van der Waals surface area contributed by atoms with Gasteiger partial charge in [0.05, 0.1) is 13.0 Å². The Balaban J connectivity index is 1.98. The van der Waals surface area contributed by atoms with Crippen LogP contribution in [0.2, 0.25) is 0 Å². The van der Waals surface area contributed by atoms with Crippen LogP contribution >= 0.6 is 0 Å². The molecule has 1 aromatic rings. The molecule has 1 aliphatic heterocycles. The van der Waals surface area contributed by atoms with Gasteiger partial charge in [0.2, 0.25) is 0 Å². The third kappa shape index (κ3) is 3.84. The summed E-state index contributed by atoms with van der Waals surface area (Å²) in [5, 5.41) is 9.65. The van der Waals surface area contributed by atoms with Crippen molar-refractivity contribution in [2.24, 2.45) is 0 Å². The molecule has 0 amide bonds. The van der Waals surface area contributed by atoms with Gasteiger partial charge < -0.3 is 9.84 Å². The molecule has 1 N–H and O–H groups in total. The summed E-state index contributed by atoms with van der Waals surface area (Å²) >= 11 is 0. The van der Waals surface area contributed by atoms with Crippen molar-refractivity contribution in [3.63, 3.8) is 0 Å². The van der Waals surface area contributed by atoms with E-state index in [1.54, 1.807) is 6.26 Å². The first-order valence-corrected chi connectivity index (χ1v) is 7.26. The van der Waals surface area contributed by atoms with Crippen molar-refractivity contribution in [1.29, 1.82) is 0 Å². The van der Waals surface area contributed by atoms with Crippen molar-refractivity contribution in [2.75, 3.05) is 13.3 Å². The Morgan fingerprint density at radius 1 is 1.35 bits per heavy atom. The van der Waals surface area contributed by atoms with Gasteiger partial charge in [-0.1, -0.05) is 24.3 Å². The topological polar surface area (TPSA) is 32.7 Å². The lowest BCUT2D eigenvalue weighted by atomic mass is 9.95.